The first-order valence-electron chi connectivity index (χ1n) is 6.29. The van der Waals surface area contributed by atoms with Crippen LogP contribution in [0.15, 0.2) is 6.20 Å². The molecule has 2 rings (SSSR count). The second kappa shape index (κ2) is 5.63. The van der Waals surface area contributed by atoms with Gasteiger partial charge in [0.25, 0.3) is 0 Å². The quantitative estimate of drug-likeness (QED) is 0.844. The molecule has 0 unspecified atom stereocenters. The fourth-order valence-electron chi connectivity index (χ4n) is 2.01. The lowest BCUT2D eigenvalue weighted by molar-refractivity contribution is 0.673. The molecule has 2 heterocycles. The zero-order valence-corrected chi connectivity index (χ0v) is 12.3. The summed E-state index contributed by atoms with van der Waals surface area (Å²) in [4.78, 5) is 5.69. The van der Waals surface area contributed by atoms with Crippen molar-refractivity contribution in [3.05, 3.63) is 22.6 Å². The van der Waals surface area contributed by atoms with Gasteiger partial charge in [-0.25, -0.2) is 4.98 Å². The Bertz CT molecular complexity index is 527. The summed E-state index contributed by atoms with van der Waals surface area (Å²) in [5, 5.41) is 8.97. The van der Waals surface area contributed by atoms with Crippen LogP contribution in [0.5, 0.6) is 0 Å². The summed E-state index contributed by atoms with van der Waals surface area (Å²) < 4.78 is 1.93. The van der Waals surface area contributed by atoms with Gasteiger partial charge >= 0.3 is 0 Å². The first-order chi connectivity index (χ1) is 8.63. The van der Waals surface area contributed by atoms with Gasteiger partial charge in [-0.2, -0.15) is 5.10 Å². The zero-order valence-electron chi connectivity index (χ0n) is 11.4. The number of thiazole rings is 1. The minimum absolute atomic E-state index is 0.858. The minimum Gasteiger partial charge on any atom is -0.310 e. The van der Waals surface area contributed by atoms with E-state index in [9.17, 15) is 0 Å². The Morgan fingerprint density at radius 3 is 2.78 bits per heavy atom. The minimum atomic E-state index is 0.858. The summed E-state index contributed by atoms with van der Waals surface area (Å²) in [6, 6.07) is 0. The summed E-state index contributed by atoms with van der Waals surface area (Å²) >= 11 is 1.75. The molecule has 5 heteroatoms. The third-order valence-corrected chi connectivity index (χ3v) is 4.03. The smallest absolute Gasteiger partial charge is 0.107 e. The molecule has 0 amide bonds. The highest BCUT2D eigenvalue weighted by Crippen LogP contribution is 2.31. The third kappa shape index (κ3) is 2.62. The Morgan fingerprint density at radius 2 is 2.17 bits per heavy atom. The van der Waals surface area contributed by atoms with E-state index in [-0.39, 0.29) is 0 Å². The van der Waals surface area contributed by atoms with Gasteiger partial charge in [0.2, 0.25) is 0 Å². The van der Waals surface area contributed by atoms with Gasteiger partial charge in [-0.1, -0.05) is 6.92 Å². The molecule has 0 aliphatic carbocycles. The van der Waals surface area contributed by atoms with E-state index in [1.165, 1.54) is 16.1 Å². The topological polar surface area (TPSA) is 42.7 Å². The van der Waals surface area contributed by atoms with Crippen molar-refractivity contribution < 1.29 is 0 Å². The highest BCUT2D eigenvalue weighted by molar-refractivity contribution is 7.15. The number of aromatic nitrogens is 3. The average molecular weight is 264 g/mol. The second-order valence-corrected chi connectivity index (χ2v) is 5.58. The number of nitrogens with zero attached hydrogens (tertiary/aromatic N) is 3. The van der Waals surface area contributed by atoms with Gasteiger partial charge in [0, 0.05) is 31.0 Å². The first-order valence-corrected chi connectivity index (χ1v) is 7.11. The molecule has 1 N–H and O–H groups in total. The fraction of sp³-hybridized carbons (Fsp3) is 0.538. The van der Waals surface area contributed by atoms with Crippen molar-refractivity contribution in [2.24, 2.45) is 7.05 Å². The molecule has 0 radical (unpaired) electrons. The van der Waals surface area contributed by atoms with Gasteiger partial charge < -0.3 is 5.32 Å². The lowest BCUT2D eigenvalue weighted by atomic mass is 10.2. The van der Waals surface area contributed by atoms with Crippen LogP contribution in [-0.2, 0) is 13.6 Å². The maximum atomic E-state index is 4.47. The molecule has 4 nitrogen and oxygen atoms in total. The summed E-state index contributed by atoms with van der Waals surface area (Å²) in [7, 11) is 1.98. The number of hydrogen-bond donors (Lipinski definition) is 1. The van der Waals surface area contributed by atoms with E-state index in [0.29, 0.717) is 0 Å². The molecule has 0 atom stereocenters. The number of hydrogen-bond acceptors (Lipinski definition) is 4. The van der Waals surface area contributed by atoms with E-state index in [1.807, 2.05) is 17.9 Å². The fourth-order valence-corrected chi connectivity index (χ4v) is 3.05. The molecule has 0 aromatic carbocycles. The number of rotatable bonds is 5. The summed E-state index contributed by atoms with van der Waals surface area (Å²) in [5.41, 5.74) is 3.51. The van der Waals surface area contributed by atoms with Crippen molar-refractivity contribution in [3.63, 3.8) is 0 Å². The molecule has 2 aromatic heterocycles. The van der Waals surface area contributed by atoms with Crippen molar-refractivity contribution in [1.29, 1.82) is 0 Å². The van der Waals surface area contributed by atoms with Crippen LogP contribution in [0.4, 0.5) is 0 Å². The maximum absolute atomic E-state index is 4.47. The van der Waals surface area contributed by atoms with Crippen molar-refractivity contribution in [3.8, 4) is 10.4 Å². The van der Waals surface area contributed by atoms with Gasteiger partial charge in [-0.05, 0) is 26.8 Å². The van der Waals surface area contributed by atoms with E-state index in [2.05, 4.69) is 36.2 Å². The Morgan fingerprint density at radius 1 is 1.39 bits per heavy atom. The van der Waals surface area contributed by atoms with Crippen LogP contribution in [0.1, 0.15) is 29.7 Å². The summed E-state index contributed by atoms with van der Waals surface area (Å²) in [5.74, 6) is 0. The van der Waals surface area contributed by atoms with Crippen molar-refractivity contribution in [2.75, 3.05) is 6.54 Å². The molecule has 2 aromatic rings. The molecule has 0 fully saturated rings. The van der Waals surface area contributed by atoms with Gasteiger partial charge in [0.15, 0.2) is 0 Å². The van der Waals surface area contributed by atoms with Crippen LogP contribution in [0, 0.1) is 13.8 Å². The largest absolute Gasteiger partial charge is 0.310 e. The summed E-state index contributed by atoms with van der Waals surface area (Å²) in [6.45, 7) is 8.22. The average Bonchev–Trinajstić information content (AvgIpc) is 2.86. The molecule has 0 bridgehead atoms. The molecule has 0 saturated heterocycles. The molecule has 18 heavy (non-hydrogen) atoms. The standard InChI is InChI=1S/C13H20N4S/c1-5-6-14-8-12-15-7-11(18-12)13-9(2)16-17(4)10(13)3/h7,14H,5-6,8H2,1-4H3. The van der Waals surface area contributed by atoms with Gasteiger partial charge in [-0.3, -0.25) is 4.68 Å². The van der Waals surface area contributed by atoms with Crippen LogP contribution in [0.2, 0.25) is 0 Å². The highest BCUT2D eigenvalue weighted by Gasteiger charge is 2.14. The molecular weight excluding hydrogens is 244 g/mol. The van der Waals surface area contributed by atoms with E-state index in [4.69, 9.17) is 0 Å². The number of aryl methyl sites for hydroxylation is 2. The maximum Gasteiger partial charge on any atom is 0.107 e. The lowest BCUT2D eigenvalue weighted by Gasteiger charge is -1.98. The van der Waals surface area contributed by atoms with Crippen molar-refractivity contribution in [2.45, 2.75) is 33.7 Å². The summed E-state index contributed by atoms with van der Waals surface area (Å²) in [6.07, 6.45) is 3.11. The van der Waals surface area contributed by atoms with Crippen LogP contribution in [0.25, 0.3) is 10.4 Å². The third-order valence-electron chi connectivity index (χ3n) is 3.01. The van der Waals surface area contributed by atoms with E-state index in [1.54, 1.807) is 11.3 Å². The van der Waals surface area contributed by atoms with Crippen LogP contribution < -0.4 is 5.32 Å². The predicted octanol–water partition coefficient (Wildman–Crippen LogP) is 2.66. The monoisotopic (exact) mass is 264 g/mol. The van der Waals surface area contributed by atoms with E-state index < -0.39 is 0 Å². The van der Waals surface area contributed by atoms with Crippen LogP contribution in [0.3, 0.4) is 0 Å². The lowest BCUT2D eigenvalue weighted by Crippen LogP contribution is -2.13. The Balaban J connectivity index is 2.19. The Labute approximate surface area is 112 Å². The SMILES string of the molecule is CCCNCc1ncc(-c2c(C)nn(C)c2C)s1. The van der Waals surface area contributed by atoms with E-state index in [0.717, 1.165) is 30.2 Å². The predicted molar refractivity (Wildman–Crippen MR) is 75.8 cm³/mol. The van der Waals surface area contributed by atoms with Gasteiger partial charge in [-0.15, -0.1) is 11.3 Å². The second-order valence-electron chi connectivity index (χ2n) is 4.46. The number of nitrogens with one attached hydrogen (secondary N) is 1. The van der Waals surface area contributed by atoms with Crippen LogP contribution in [-0.4, -0.2) is 21.3 Å². The van der Waals surface area contributed by atoms with Crippen molar-refractivity contribution >= 4 is 11.3 Å². The van der Waals surface area contributed by atoms with Gasteiger partial charge in [0.1, 0.15) is 5.01 Å². The van der Waals surface area contributed by atoms with Gasteiger partial charge in [0.05, 0.1) is 10.6 Å². The Kier molecular flexibility index (Phi) is 4.14. The van der Waals surface area contributed by atoms with Crippen LogP contribution >= 0.6 is 11.3 Å². The molecule has 98 valence electrons. The molecular formula is C13H20N4S. The zero-order chi connectivity index (χ0) is 13.1. The molecule has 0 aliphatic rings. The molecule has 0 saturated carbocycles. The first kappa shape index (κ1) is 13.2. The highest BCUT2D eigenvalue weighted by atomic mass is 32.1. The normalized spacial score (nSPS) is 11.1. The molecule has 0 spiro atoms. The molecule has 0 aliphatic heterocycles. The van der Waals surface area contributed by atoms with Crippen molar-refractivity contribution in [1.82, 2.24) is 20.1 Å². The van der Waals surface area contributed by atoms with E-state index >= 15 is 0 Å². The Hall–Kier alpha value is -1.20.